The van der Waals surface area contributed by atoms with Crippen LogP contribution in [0.25, 0.3) is 0 Å². The minimum absolute atomic E-state index is 0.00828. The molecule has 1 fully saturated rings. The van der Waals surface area contributed by atoms with E-state index >= 15 is 0 Å². The van der Waals surface area contributed by atoms with Gasteiger partial charge in [-0.2, -0.15) is 0 Å². The number of aliphatic hydroxyl groups is 4. The highest BCUT2D eigenvalue weighted by Crippen LogP contribution is 2.19. The van der Waals surface area contributed by atoms with E-state index in [1.54, 1.807) is 0 Å². The van der Waals surface area contributed by atoms with Crippen molar-refractivity contribution in [3.63, 3.8) is 0 Å². The van der Waals surface area contributed by atoms with Crippen LogP contribution in [0.15, 0.2) is 24.3 Å². The van der Waals surface area contributed by atoms with E-state index in [-0.39, 0.29) is 47.3 Å². The van der Waals surface area contributed by atoms with E-state index in [1.165, 1.54) is 11.1 Å². The summed E-state index contributed by atoms with van der Waals surface area (Å²) in [6.07, 6.45) is -1.41. The molecule has 1 saturated heterocycles. The molecule has 0 aliphatic carbocycles. The van der Waals surface area contributed by atoms with Crippen LogP contribution in [0.1, 0.15) is 40.9 Å². The van der Waals surface area contributed by atoms with Gasteiger partial charge in [-0.05, 0) is 62.2 Å². The Labute approximate surface area is 268 Å². The molecule has 2 amide bonds. The number of carbonyl (C=O) groups is 2. The number of nitrogens with two attached hydrogens (primary N) is 2. The maximum absolute atomic E-state index is 12.8. The summed E-state index contributed by atoms with van der Waals surface area (Å²) >= 11 is 5.95. The average Bonchev–Trinajstić information content (AvgIpc) is 3.03. The number of halogens is 1. The number of aliphatic hydroxyl groups excluding tert-OH is 4. The molecule has 1 aliphatic rings. The summed E-state index contributed by atoms with van der Waals surface area (Å²) in [7, 11) is 0. The molecule has 1 aromatic heterocycles. The summed E-state index contributed by atoms with van der Waals surface area (Å²) in [4.78, 5) is 35.2. The topological polar surface area (TPSA) is 232 Å². The number of aromatic nitrogens is 2. The predicted molar refractivity (Wildman–Crippen MR) is 171 cm³/mol. The third-order valence-electron chi connectivity index (χ3n) is 8.12. The number of carbonyl (C=O) groups excluding carboxylic acids is 2. The molecule has 14 nitrogen and oxygen atoms in total. The summed E-state index contributed by atoms with van der Waals surface area (Å²) in [6.45, 7) is 4.87. The smallest absolute Gasteiger partial charge is 0.273 e. The minimum atomic E-state index is -1.47. The lowest BCUT2D eigenvalue weighted by Gasteiger charge is -2.32. The molecule has 250 valence electrons. The lowest BCUT2D eigenvalue weighted by atomic mass is 9.94. The van der Waals surface area contributed by atoms with Crippen molar-refractivity contribution < 1.29 is 30.0 Å². The summed E-state index contributed by atoms with van der Waals surface area (Å²) in [5.74, 6) is -0.0982. The molecular weight excluding hydrogens is 604 g/mol. The Balaban J connectivity index is 1.43. The maximum Gasteiger partial charge on any atom is 0.273 e. The third kappa shape index (κ3) is 11.3. The van der Waals surface area contributed by atoms with Gasteiger partial charge in [-0.25, -0.2) is 9.97 Å². The fourth-order valence-corrected chi connectivity index (χ4v) is 5.39. The van der Waals surface area contributed by atoms with Gasteiger partial charge in [-0.1, -0.05) is 35.9 Å². The van der Waals surface area contributed by atoms with Gasteiger partial charge in [0.2, 0.25) is 5.91 Å². The second kappa shape index (κ2) is 18.1. The average molecular weight is 651 g/mol. The zero-order valence-electron chi connectivity index (χ0n) is 25.7. The Kier molecular flexibility index (Phi) is 14.7. The van der Waals surface area contributed by atoms with Crippen molar-refractivity contribution in [3.8, 4) is 0 Å². The molecule has 1 aromatic carbocycles. The second-order valence-electron chi connectivity index (χ2n) is 11.6. The molecule has 0 unspecified atom stereocenters. The molecule has 0 spiro atoms. The molecular formula is C30H47ClN8O6. The first-order valence-corrected chi connectivity index (χ1v) is 15.6. The Hall–Kier alpha value is -3.11. The highest BCUT2D eigenvalue weighted by molar-refractivity contribution is 6.31. The van der Waals surface area contributed by atoms with Crippen molar-refractivity contribution in [2.45, 2.75) is 50.9 Å². The maximum atomic E-state index is 12.8. The van der Waals surface area contributed by atoms with Crippen LogP contribution in [0.5, 0.6) is 0 Å². The summed E-state index contributed by atoms with van der Waals surface area (Å²) in [6, 6.07) is 8.15. The van der Waals surface area contributed by atoms with Crippen molar-refractivity contribution in [3.05, 3.63) is 46.2 Å². The van der Waals surface area contributed by atoms with Crippen molar-refractivity contribution in [2.75, 3.05) is 63.9 Å². The van der Waals surface area contributed by atoms with Gasteiger partial charge in [-0.3, -0.25) is 9.59 Å². The zero-order valence-corrected chi connectivity index (χ0v) is 26.4. The molecule has 2 aromatic rings. The monoisotopic (exact) mass is 650 g/mol. The molecule has 0 saturated carbocycles. The number of nitrogens with zero attached hydrogens (tertiary/aromatic N) is 3. The summed E-state index contributed by atoms with van der Waals surface area (Å²) in [5.41, 5.74) is 13.8. The van der Waals surface area contributed by atoms with Crippen LogP contribution < -0.4 is 27.4 Å². The van der Waals surface area contributed by atoms with E-state index < -0.39 is 30.8 Å². The highest BCUT2D eigenvalue weighted by atomic mass is 35.5. The standard InChI is InChI=1S/C30H47ClN8O6/c1-18-4-2-3-5-21(18)12-20(15-36-30(45)25-28(32)38-29(33)27(31)37-25)14-35-13-19-7-10-39(11-8-19)24(43)6-9-34-16-22(41)26(44)23(42)17-40/h2-5,19-20,22-23,26,34-35,40-42,44H,6-17H2,1H3,(H,36,45)(H4,32,33,38)/t20-,22+,23-,26-/m1/s1. The van der Waals surface area contributed by atoms with Crippen LogP contribution in [0.3, 0.4) is 0 Å². The molecule has 0 radical (unpaired) electrons. The van der Waals surface area contributed by atoms with E-state index in [1.807, 2.05) is 17.0 Å². The SMILES string of the molecule is Cc1ccccc1C[C@H](CNCC1CCN(C(=O)CCNC[C@H](O)[C@@H](O)[C@H](O)CO)CC1)CNC(=O)c1nc(Cl)c(N)nc1N. The fraction of sp³-hybridized carbons (Fsp3) is 0.600. The number of amides is 2. The first-order chi connectivity index (χ1) is 21.5. The van der Waals surface area contributed by atoms with Crippen molar-refractivity contribution in [2.24, 2.45) is 11.8 Å². The lowest BCUT2D eigenvalue weighted by molar-refractivity contribution is -0.132. The van der Waals surface area contributed by atoms with Crippen molar-refractivity contribution in [1.29, 1.82) is 0 Å². The number of nitrogens with one attached hydrogen (secondary N) is 3. The first-order valence-electron chi connectivity index (χ1n) is 15.3. The van der Waals surface area contributed by atoms with E-state index in [0.717, 1.165) is 25.8 Å². The van der Waals surface area contributed by atoms with E-state index in [0.29, 0.717) is 38.6 Å². The number of anilines is 2. The predicted octanol–water partition coefficient (Wildman–Crippen LogP) is -0.926. The van der Waals surface area contributed by atoms with Gasteiger partial charge in [0.25, 0.3) is 5.91 Å². The van der Waals surface area contributed by atoms with E-state index in [9.17, 15) is 24.9 Å². The number of hydrogen-bond donors (Lipinski definition) is 9. The lowest BCUT2D eigenvalue weighted by Crippen LogP contribution is -2.45. The van der Waals surface area contributed by atoms with Gasteiger partial charge in [-0.15, -0.1) is 0 Å². The van der Waals surface area contributed by atoms with Crippen LogP contribution >= 0.6 is 11.6 Å². The van der Waals surface area contributed by atoms with E-state index in [4.69, 9.17) is 28.2 Å². The third-order valence-corrected chi connectivity index (χ3v) is 8.40. The molecule has 0 bridgehead atoms. The van der Waals surface area contributed by atoms with Gasteiger partial charge in [0.05, 0.1) is 12.7 Å². The van der Waals surface area contributed by atoms with Crippen LogP contribution in [0.2, 0.25) is 5.15 Å². The van der Waals surface area contributed by atoms with Crippen LogP contribution in [0.4, 0.5) is 11.6 Å². The molecule has 15 heteroatoms. The number of rotatable bonds is 17. The fourth-order valence-electron chi connectivity index (χ4n) is 5.26. The summed E-state index contributed by atoms with van der Waals surface area (Å²) in [5, 5.41) is 47.2. The molecule has 3 rings (SSSR count). The Morgan fingerprint density at radius 3 is 2.42 bits per heavy atom. The van der Waals surface area contributed by atoms with Crippen LogP contribution in [0, 0.1) is 18.8 Å². The first kappa shape index (κ1) is 36.4. The molecule has 11 N–H and O–H groups in total. The number of piperidine rings is 1. The van der Waals surface area contributed by atoms with Crippen LogP contribution in [-0.4, -0.2) is 118 Å². The number of aryl methyl sites for hydroxylation is 1. The van der Waals surface area contributed by atoms with Crippen molar-refractivity contribution >= 4 is 35.1 Å². The Bertz CT molecular complexity index is 1250. The highest BCUT2D eigenvalue weighted by Gasteiger charge is 2.25. The summed E-state index contributed by atoms with van der Waals surface area (Å²) < 4.78 is 0. The zero-order chi connectivity index (χ0) is 32.9. The van der Waals surface area contributed by atoms with Crippen LogP contribution in [-0.2, 0) is 11.2 Å². The Morgan fingerprint density at radius 2 is 1.73 bits per heavy atom. The molecule has 45 heavy (non-hydrogen) atoms. The van der Waals surface area contributed by atoms with Gasteiger partial charge in [0.15, 0.2) is 22.5 Å². The molecule has 1 aliphatic heterocycles. The van der Waals surface area contributed by atoms with Gasteiger partial charge < -0.3 is 52.7 Å². The van der Waals surface area contributed by atoms with Gasteiger partial charge >= 0.3 is 0 Å². The van der Waals surface area contributed by atoms with Gasteiger partial charge in [0.1, 0.15) is 12.2 Å². The second-order valence-corrected chi connectivity index (χ2v) is 11.9. The number of benzene rings is 1. The molecule has 4 atom stereocenters. The van der Waals surface area contributed by atoms with Gasteiger partial charge in [0, 0.05) is 39.1 Å². The largest absolute Gasteiger partial charge is 0.394 e. The van der Waals surface area contributed by atoms with E-state index in [2.05, 4.69) is 45.0 Å². The Morgan fingerprint density at radius 1 is 1.02 bits per heavy atom. The quantitative estimate of drug-likeness (QED) is 0.0946. The minimum Gasteiger partial charge on any atom is -0.394 e. The number of likely N-dealkylation sites (tertiary alicyclic amines) is 1. The van der Waals surface area contributed by atoms with Crippen molar-refractivity contribution in [1.82, 2.24) is 30.8 Å². The normalized spacial score (nSPS) is 16.6. The number of nitrogen functional groups attached to an aromatic ring is 2. The molecule has 2 heterocycles. The number of hydrogen-bond acceptors (Lipinski definition) is 12.